The minimum Gasteiger partial charge on any atom is -0.459 e. The lowest BCUT2D eigenvalue weighted by Crippen LogP contribution is -2.49. The van der Waals surface area contributed by atoms with Crippen LogP contribution in [-0.4, -0.2) is 60.9 Å². The summed E-state index contributed by atoms with van der Waals surface area (Å²) >= 11 is 0. The first kappa shape index (κ1) is 22.4. The van der Waals surface area contributed by atoms with E-state index in [9.17, 15) is 14.4 Å². The molecule has 34 heavy (non-hydrogen) atoms. The fraction of sp³-hybridized carbons (Fsp3) is 0.423. The number of hydrogen-bond donors (Lipinski definition) is 0. The molecule has 3 heterocycles. The van der Waals surface area contributed by atoms with E-state index in [0.717, 1.165) is 42.6 Å². The standard InChI is InChI=1S/C26H29N3O5/c1-18-15-25(31)34-23-16-20(6-7-21(18)23)29(17-19-4-5-19)24(30)8-9-27-10-12-28(13-11-27)26(32)22-3-2-14-33-22/h2-3,6-7,14-16,19H,4-5,8-13,17H2,1H3. The summed E-state index contributed by atoms with van der Waals surface area (Å²) in [5.41, 5.74) is 1.76. The molecule has 2 fully saturated rings. The zero-order valence-electron chi connectivity index (χ0n) is 19.4. The number of furan rings is 1. The third-order valence-electron chi connectivity index (χ3n) is 6.72. The average Bonchev–Trinajstić information content (AvgIpc) is 3.49. The minimum atomic E-state index is -0.383. The van der Waals surface area contributed by atoms with Crippen molar-refractivity contribution in [3.05, 3.63) is 64.4 Å². The molecule has 1 aliphatic carbocycles. The van der Waals surface area contributed by atoms with Gasteiger partial charge in [-0.15, -0.1) is 0 Å². The van der Waals surface area contributed by atoms with Gasteiger partial charge in [0.05, 0.1) is 6.26 Å². The van der Waals surface area contributed by atoms with E-state index < -0.39 is 0 Å². The lowest BCUT2D eigenvalue weighted by atomic mass is 10.1. The average molecular weight is 464 g/mol. The number of nitrogens with zero attached hydrogens (tertiary/aromatic N) is 3. The van der Waals surface area contributed by atoms with Gasteiger partial charge in [0.1, 0.15) is 5.58 Å². The Morgan fingerprint density at radius 2 is 1.88 bits per heavy atom. The monoisotopic (exact) mass is 463 g/mol. The molecule has 1 saturated carbocycles. The van der Waals surface area contributed by atoms with Crippen molar-refractivity contribution in [3.63, 3.8) is 0 Å². The van der Waals surface area contributed by atoms with Gasteiger partial charge in [0.15, 0.2) is 5.76 Å². The van der Waals surface area contributed by atoms with Gasteiger partial charge in [0.25, 0.3) is 5.91 Å². The molecule has 0 N–H and O–H groups in total. The second-order valence-electron chi connectivity index (χ2n) is 9.24. The molecule has 8 heteroatoms. The van der Waals surface area contributed by atoms with Crippen LogP contribution in [-0.2, 0) is 4.79 Å². The predicted octanol–water partition coefficient (Wildman–Crippen LogP) is 3.29. The van der Waals surface area contributed by atoms with E-state index in [4.69, 9.17) is 8.83 Å². The van der Waals surface area contributed by atoms with Crippen LogP contribution < -0.4 is 10.5 Å². The van der Waals surface area contributed by atoms with Crippen molar-refractivity contribution >= 4 is 28.5 Å². The Labute approximate surface area is 197 Å². The third-order valence-corrected chi connectivity index (χ3v) is 6.72. The number of carbonyl (C=O) groups is 2. The Balaban J connectivity index is 1.22. The number of aryl methyl sites for hydroxylation is 1. The largest absolute Gasteiger partial charge is 0.459 e. The maximum Gasteiger partial charge on any atom is 0.336 e. The molecule has 2 aromatic heterocycles. The number of benzene rings is 1. The van der Waals surface area contributed by atoms with E-state index in [1.807, 2.05) is 30.0 Å². The summed E-state index contributed by atoms with van der Waals surface area (Å²) < 4.78 is 10.6. The number of hydrogen-bond acceptors (Lipinski definition) is 6. The number of carbonyl (C=O) groups excluding carboxylic acids is 2. The van der Waals surface area contributed by atoms with Gasteiger partial charge in [0, 0.05) is 68.9 Å². The van der Waals surface area contributed by atoms with Crippen LogP contribution in [0.15, 0.2) is 56.3 Å². The Morgan fingerprint density at radius 1 is 1.09 bits per heavy atom. The van der Waals surface area contributed by atoms with Crippen molar-refractivity contribution in [2.45, 2.75) is 26.2 Å². The van der Waals surface area contributed by atoms with Crippen molar-refractivity contribution in [2.24, 2.45) is 5.92 Å². The summed E-state index contributed by atoms with van der Waals surface area (Å²) in [7, 11) is 0. The summed E-state index contributed by atoms with van der Waals surface area (Å²) in [5.74, 6) is 0.867. The Kier molecular flexibility index (Phi) is 6.24. The molecule has 0 unspecified atom stereocenters. The summed E-state index contributed by atoms with van der Waals surface area (Å²) in [6.07, 6.45) is 4.18. The van der Waals surface area contributed by atoms with E-state index in [0.29, 0.717) is 49.9 Å². The normalized spacial score (nSPS) is 16.7. The Hall–Kier alpha value is -3.39. The summed E-state index contributed by atoms with van der Waals surface area (Å²) in [6.45, 7) is 5.89. The molecule has 178 valence electrons. The van der Waals surface area contributed by atoms with Gasteiger partial charge < -0.3 is 18.6 Å². The number of piperazine rings is 1. The van der Waals surface area contributed by atoms with Gasteiger partial charge in [-0.3, -0.25) is 14.5 Å². The summed E-state index contributed by atoms with van der Waals surface area (Å²) in [6, 6.07) is 10.5. The SMILES string of the molecule is Cc1cc(=O)oc2cc(N(CC3CC3)C(=O)CCN3CCN(C(=O)c4ccco4)CC3)ccc12. The second kappa shape index (κ2) is 9.46. The van der Waals surface area contributed by atoms with Crippen LogP contribution in [0.4, 0.5) is 5.69 Å². The van der Waals surface area contributed by atoms with Crippen molar-refractivity contribution in [1.82, 2.24) is 9.80 Å². The van der Waals surface area contributed by atoms with Crippen LogP contribution in [0.5, 0.6) is 0 Å². The van der Waals surface area contributed by atoms with Crippen LogP contribution in [0, 0.1) is 12.8 Å². The van der Waals surface area contributed by atoms with Crippen LogP contribution in [0.1, 0.15) is 35.4 Å². The van der Waals surface area contributed by atoms with Crippen molar-refractivity contribution in [1.29, 1.82) is 0 Å². The number of anilines is 1. The lowest BCUT2D eigenvalue weighted by Gasteiger charge is -2.34. The Bertz CT molecular complexity index is 1240. The second-order valence-corrected chi connectivity index (χ2v) is 9.24. The van der Waals surface area contributed by atoms with Gasteiger partial charge in [-0.05, 0) is 55.5 Å². The maximum absolute atomic E-state index is 13.3. The molecular weight excluding hydrogens is 434 g/mol. The third kappa shape index (κ3) is 4.92. The van der Waals surface area contributed by atoms with E-state index in [-0.39, 0.29) is 17.4 Å². The molecule has 2 amide bonds. The van der Waals surface area contributed by atoms with Gasteiger partial charge >= 0.3 is 5.63 Å². The van der Waals surface area contributed by atoms with Gasteiger partial charge in [-0.2, -0.15) is 0 Å². The summed E-state index contributed by atoms with van der Waals surface area (Å²) in [4.78, 5) is 43.4. The Morgan fingerprint density at radius 3 is 2.59 bits per heavy atom. The highest BCUT2D eigenvalue weighted by Gasteiger charge is 2.29. The molecular formula is C26H29N3O5. The highest BCUT2D eigenvalue weighted by Crippen LogP contribution is 2.33. The maximum atomic E-state index is 13.3. The highest BCUT2D eigenvalue weighted by molar-refractivity contribution is 5.96. The molecule has 8 nitrogen and oxygen atoms in total. The first-order valence-electron chi connectivity index (χ1n) is 11.9. The predicted molar refractivity (Wildman–Crippen MR) is 128 cm³/mol. The van der Waals surface area contributed by atoms with E-state index >= 15 is 0 Å². The van der Waals surface area contributed by atoms with Crippen molar-refractivity contribution in [2.75, 3.05) is 44.2 Å². The van der Waals surface area contributed by atoms with Gasteiger partial charge in [-0.1, -0.05) is 0 Å². The van der Waals surface area contributed by atoms with Crippen LogP contribution in [0.25, 0.3) is 11.0 Å². The zero-order chi connectivity index (χ0) is 23.7. The quantitative estimate of drug-likeness (QED) is 0.500. The molecule has 0 radical (unpaired) electrons. The van der Waals surface area contributed by atoms with E-state index in [1.54, 1.807) is 17.0 Å². The lowest BCUT2D eigenvalue weighted by molar-refractivity contribution is -0.119. The fourth-order valence-corrected chi connectivity index (χ4v) is 4.51. The molecule has 0 atom stereocenters. The molecule has 5 rings (SSSR count). The molecule has 0 spiro atoms. The van der Waals surface area contributed by atoms with Crippen LogP contribution >= 0.6 is 0 Å². The number of rotatable bonds is 7. The zero-order valence-corrected chi connectivity index (χ0v) is 19.4. The highest BCUT2D eigenvalue weighted by atomic mass is 16.4. The molecule has 2 aliphatic rings. The van der Waals surface area contributed by atoms with E-state index in [1.165, 1.54) is 12.3 Å². The molecule has 1 saturated heterocycles. The molecule has 1 aromatic carbocycles. The van der Waals surface area contributed by atoms with Crippen molar-refractivity contribution in [3.8, 4) is 0 Å². The van der Waals surface area contributed by atoms with Crippen molar-refractivity contribution < 1.29 is 18.4 Å². The number of amides is 2. The van der Waals surface area contributed by atoms with Crippen LogP contribution in [0.2, 0.25) is 0 Å². The first-order valence-corrected chi connectivity index (χ1v) is 11.9. The first-order chi connectivity index (χ1) is 16.5. The van der Waals surface area contributed by atoms with Gasteiger partial charge in [0.2, 0.25) is 5.91 Å². The van der Waals surface area contributed by atoms with Crippen LogP contribution in [0.3, 0.4) is 0 Å². The smallest absolute Gasteiger partial charge is 0.336 e. The molecule has 3 aromatic rings. The minimum absolute atomic E-state index is 0.0651. The van der Waals surface area contributed by atoms with Gasteiger partial charge in [-0.25, -0.2) is 4.79 Å². The summed E-state index contributed by atoms with van der Waals surface area (Å²) in [5, 5.41) is 0.879. The fourth-order valence-electron chi connectivity index (χ4n) is 4.51. The molecule has 1 aliphatic heterocycles. The topological polar surface area (TPSA) is 87.2 Å². The molecule has 0 bridgehead atoms. The van der Waals surface area contributed by atoms with E-state index in [2.05, 4.69) is 4.90 Å². The number of fused-ring (bicyclic) bond motifs is 1.